The third kappa shape index (κ3) is 5.18. The normalized spacial score (nSPS) is 18.4. The Kier molecular flexibility index (Phi) is 6.80. The van der Waals surface area contributed by atoms with Crippen LogP contribution in [0.4, 0.5) is 0 Å². The Labute approximate surface area is 150 Å². The van der Waals surface area contributed by atoms with Crippen molar-refractivity contribution < 1.29 is 19.1 Å². The summed E-state index contributed by atoms with van der Waals surface area (Å²) in [6.07, 6.45) is 8.14. The first-order valence-electron chi connectivity index (χ1n) is 9.05. The van der Waals surface area contributed by atoms with Crippen molar-refractivity contribution in [1.82, 2.24) is 0 Å². The third-order valence-electron chi connectivity index (χ3n) is 4.59. The van der Waals surface area contributed by atoms with Gasteiger partial charge >= 0.3 is 11.9 Å². The Morgan fingerprint density at radius 2 is 1.92 bits per heavy atom. The van der Waals surface area contributed by atoms with Gasteiger partial charge in [-0.15, -0.1) is 0 Å². The van der Waals surface area contributed by atoms with Crippen LogP contribution in [-0.2, 0) is 19.1 Å². The minimum Gasteiger partial charge on any atom is -0.465 e. The lowest BCUT2D eigenvalue weighted by molar-refractivity contribution is -0.173. The average molecular weight is 344 g/mol. The molecule has 0 saturated carbocycles. The van der Waals surface area contributed by atoms with Gasteiger partial charge in [0.1, 0.15) is 6.10 Å². The fourth-order valence-electron chi connectivity index (χ4n) is 2.95. The topological polar surface area (TPSA) is 52.6 Å². The molecule has 0 radical (unpaired) electrons. The van der Waals surface area contributed by atoms with Gasteiger partial charge in [-0.3, -0.25) is 9.59 Å². The Bertz CT molecular complexity index is 604. The average Bonchev–Trinajstić information content (AvgIpc) is 2.63. The van der Waals surface area contributed by atoms with Gasteiger partial charge in [-0.05, 0) is 57.9 Å². The zero-order valence-electron chi connectivity index (χ0n) is 15.4. The van der Waals surface area contributed by atoms with Crippen LogP contribution in [0.25, 0.3) is 0 Å². The predicted molar refractivity (Wildman–Crippen MR) is 96.8 cm³/mol. The zero-order chi connectivity index (χ0) is 18.3. The summed E-state index contributed by atoms with van der Waals surface area (Å²) >= 11 is 0. The molecule has 0 aromatic heterocycles. The van der Waals surface area contributed by atoms with Gasteiger partial charge in [0.05, 0.1) is 6.61 Å². The molecule has 0 saturated heterocycles. The quantitative estimate of drug-likeness (QED) is 0.412. The van der Waals surface area contributed by atoms with Crippen molar-refractivity contribution in [3.05, 3.63) is 48.0 Å². The van der Waals surface area contributed by atoms with Crippen molar-refractivity contribution in [2.45, 2.75) is 52.6 Å². The molecule has 0 N–H and O–H groups in total. The predicted octanol–water partition coefficient (Wildman–Crippen LogP) is 4.61. The van der Waals surface area contributed by atoms with Crippen molar-refractivity contribution in [2.24, 2.45) is 11.3 Å². The summed E-state index contributed by atoms with van der Waals surface area (Å²) in [4.78, 5) is 24.7. The molecule has 0 spiro atoms. The fourth-order valence-corrected chi connectivity index (χ4v) is 2.95. The van der Waals surface area contributed by atoms with Crippen LogP contribution in [-0.4, -0.2) is 18.5 Å². The van der Waals surface area contributed by atoms with Gasteiger partial charge in [0, 0.05) is 0 Å². The second-order valence-electron chi connectivity index (χ2n) is 7.00. The minimum absolute atomic E-state index is 0.241. The van der Waals surface area contributed by atoms with E-state index in [9.17, 15) is 9.59 Å². The van der Waals surface area contributed by atoms with Crippen molar-refractivity contribution in [3.63, 3.8) is 0 Å². The highest BCUT2D eigenvalue weighted by atomic mass is 16.6. The summed E-state index contributed by atoms with van der Waals surface area (Å²) in [5.41, 5.74) is -0.361. The van der Waals surface area contributed by atoms with E-state index >= 15 is 0 Å². The maximum atomic E-state index is 12.7. The molecule has 4 heteroatoms. The molecule has 0 aliphatic heterocycles. The molecule has 1 aromatic carbocycles. The first kappa shape index (κ1) is 19.2. The van der Waals surface area contributed by atoms with E-state index in [-0.39, 0.29) is 12.7 Å². The number of rotatable bonds is 7. The van der Waals surface area contributed by atoms with Gasteiger partial charge < -0.3 is 9.47 Å². The second-order valence-corrected chi connectivity index (χ2v) is 7.00. The van der Waals surface area contributed by atoms with Crippen molar-refractivity contribution >= 4 is 11.9 Å². The number of carbonyl (C=O) groups is 2. The van der Waals surface area contributed by atoms with Gasteiger partial charge in [-0.25, -0.2) is 0 Å². The van der Waals surface area contributed by atoms with Crippen molar-refractivity contribution in [2.75, 3.05) is 6.61 Å². The molecule has 4 nitrogen and oxygen atoms in total. The van der Waals surface area contributed by atoms with Gasteiger partial charge in [0.2, 0.25) is 0 Å². The molecular formula is C21H28O4. The highest BCUT2D eigenvalue weighted by Crippen LogP contribution is 2.33. The van der Waals surface area contributed by atoms with Gasteiger partial charge in [-0.1, -0.05) is 42.5 Å². The van der Waals surface area contributed by atoms with Gasteiger partial charge in [-0.2, -0.15) is 0 Å². The molecule has 0 heterocycles. The number of carbonyl (C=O) groups excluding carboxylic acids is 2. The summed E-state index contributed by atoms with van der Waals surface area (Å²) < 4.78 is 10.8. The molecule has 0 amide bonds. The molecule has 2 rings (SSSR count). The van der Waals surface area contributed by atoms with Crippen LogP contribution >= 0.6 is 0 Å². The number of benzene rings is 1. The highest BCUT2D eigenvalue weighted by molar-refractivity contribution is 5.99. The molecule has 2 unspecified atom stereocenters. The monoisotopic (exact) mass is 344 g/mol. The van der Waals surface area contributed by atoms with Gasteiger partial charge in [0.25, 0.3) is 0 Å². The minimum atomic E-state index is -1.31. The Balaban J connectivity index is 2.15. The van der Waals surface area contributed by atoms with E-state index < -0.39 is 17.4 Å². The zero-order valence-corrected chi connectivity index (χ0v) is 15.4. The summed E-state index contributed by atoms with van der Waals surface area (Å²) in [7, 11) is 0. The maximum Gasteiger partial charge on any atom is 0.323 e. The number of hydrogen-bond acceptors (Lipinski definition) is 4. The van der Waals surface area contributed by atoms with E-state index in [0.717, 1.165) is 31.2 Å². The summed E-state index contributed by atoms with van der Waals surface area (Å²) in [6, 6.07) is 9.72. The standard InChI is InChI=1S/C21H28O4/c1-4-24-19(22)21(2,3)20(23)25-18(17-13-9-6-10-14-17)15-16-11-7-5-8-12-16/h6-7,9-11,13-14,16,18H,4-5,8,12,15H2,1-3H3. The first-order chi connectivity index (χ1) is 11.9. The Hall–Kier alpha value is -2.10. The highest BCUT2D eigenvalue weighted by Gasteiger charge is 2.40. The van der Waals surface area contributed by atoms with Crippen LogP contribution in [0.15, 0.2) is 42.5 Å². The molecule has 136 valence electrons. The molecule has 0 bridgehead atoms. The fraction of sp³-hybridized carbons (Fsp3) is 0.524. The molecular weight excluding hydrogens is 316 g/mol. The van der Waals surface area contributed by atoms with E-state index in [4.69, 9.17) is 9.47 Å². The smallest absolute Gasteiger partial charge is 0.323 e. The third-order valence-corrected chi connectivity index (χ3v) is 4.59. The van der Waals surface area contributed by atoms with Crippen molar-refractivity contribution in [3.8, 4) is 0 Å². The SMILES string of the molecule is CCOC(=O)C(C)(C)C(=O)OC(CC1C=CCCC1)c1ccccc1. The van der Waals surface area contributed by atoms with Crippen LogP contribution in [0.5, 0.6) is 0 Å². The first-order valence-corrected chi connectivity index (χ1v) is 9.05. The largest absolute Gasteiger partial charge is 0.465 e. The molecule has 25 heavy (non-hydrogen) atoms. The second kappa shape index (κ2) is 8.84. The summed E-state index contributed by atoms with van der Waals surface area (Å²) in [5, 5.41) is 0. The van der Waals surface area contributed by atoms with Crippen LogP contribution in [0.1, 0.15) is 58.1 Å². The van der Waals surface area contributed by atoms with E-state index in [1.807, 2.05) is 30.3 Å². The van der Waals surface area contributed by atoms with E-state index in [1.165, 1.54) is 0 Å². The Morgan fingerprint density at radius 1 is 1.20 bits per heavy atom. The molecule has 1 aliphatic rings. The number of esters is 2. The molecule has 1 aliphatic carbocycles. The van der Waals surface area contributed by atoms with Crippen molar-refractivity contribution in [1.29, 1.82) is 0 Å². The number of hydrogen-bond donors (Lipinski definition) is 0. The van der Waals surface area contributed by atoms with Gasteiger partial charge in [0.15, 0.2) is 5.41 Å². The van der Waals surface area contributed by atoms with E-state index in [0.29, 0.717) is 5.92 Å². The number of ether oxygens (including phenoxy) is 2. The number of allylic oxidation sites excluding steroid dienone is 2. The summed E-state index contributed by atoms with van der Waals surface area (Å²) in [6.45, 7) is 5.07. The van der Waals surface area contributed by atoms with Crippen LogP contribution in [0.3, 0.4) is 0 Å². The van der Waals surface area contributed by atoms with E-state index in [2.05, 4.69) is 12.2 Å². The summed E-state index contributed by atoms with van der Waals surface area (Å²) in [5.74, 6) is -0.707. The molecule has 1 aromatic rings. The van der Waals surface area contributed by atoms with E-state index in [1.54, 1.807) is 20.8 Å². The van der Waals surface area contributed by atoms with Crippen LogP contribution in [0.2, 0.25) is 0 Å². The lowest BCUT2D eigenvalue weighted by atomic mass is 9.88. The molecule has 0 fully saturated rings. The van der Waals surface area contributed by atoms with Crippen LogP contribution in [0, 0.1) is 11.3 Å². The molecule has 2 atom stereocenters. The lowest BCUT2D eigenvalue weighted by Crippen LogP contribution is -2.37. The Morgan fingerprint density at radius 3 is 2.52 bits per heavy atom. The maximum absolute atomic E-state index is 12.7. The lowest BCUT2D eigenvalue weighted by Gasteiger charge is -2.27. The van der Waals surface area contributed by atoms with Crippen LogP contribution < -0.4 is 0 Å².